The molecule has 0 saturated carbocycles. The van der Waals surface area contributed by atoms with E-state index in [9.17, 15) is 4.79 Å². The van der Waals surface area contributed by atoms with Crippen molar-refractivity contribution in [2.45, 2.75) is 45.8 Å². The number of benzene rings is 2. The molecule has 1 aliphatic heterocycles. The van der Waals surface area contributed by atoms with Crippen molar-refractivity contribution in [1.82, 2.24) is 0 Å². The molecule has 4 nitrogen and oxygen atoms in total. The summed E-state index contributed by atoms with van der Waals surface area (Å²) < 4.78 is 12.2. The molecule has 1 N–H and O–H groups in total. The average Bonchev–Trinajstić information content (AvgIpc) is 2.75. The zero-order chi connectivity index (χ0) is 19.1. The Bertz CT molecular complexity index is 817. The fourth-order valence-electron chi connectivity index (χ4n) is 2.79. The van der Waals surface area contributed by atoms with Crippen LogP contribution in [0.25, 0.3) is 0 Å². The normalized spacial score (nSPS) is 18.0. The van der Waals surface area contributed by atoms with Crippen LogP contribution in [0.5, 0.6) is 0 Å². The first-order valence-corrected chi connectivity index (χ1v) is 9.00. The summed E-state index contributed by atoms with van der Waals surface area (Å²) in [5.41, 5.74) is 2.48. The smallest absolute Gasteiger partial charge is 0.399 e. The maximum Gasteiger partial charge on any atom is 0.495 e. The third-order valence-corrected chi connectivity index (χ3v) is 5.39. The topological polar surface area (TPSA) is 47.6 Å². The highest BCUT2D eigenvalue weighted by Crippen LogP contribution is 2.36. The van der Waals surface area contributed by atoms with E-state index in [2.05, 4.69) is 5.32 Å². The van der Waals surface area contributed by atoms with Gasteiger partial charge in [0.25, 0.3) is 5.91 Å². The summed E-state index contributed by atoms with van der Waals surface area (Å²) in [6.07, 6.45) is 0. The van der Waals surface area contributed by atoms with Gasteiger partial charge in [-0.1, -0.05) is 17.7 Å². The minimum absolute atomic E-state index is 0.176. The lowest BCUT2D eigenvalue weighted by Crippen LogP contribution is -2.41. The number of carbonyl (C=O) groups excluding carboxylic acids is 1. The third kappa shape index (κ3) is 3.66. The zero-order valence-corrected chi connectivity index (χ0v) is 16.5. The lowest BCUT2D eigenvalue weighted by Gasteiger charge is -2.32. The Balaban J connectivity index is 1.76. The van der Waals surface area contributed by atoms with Gasteiger partial charge in [0.05, 0.1) is 11.2 Å². The van der Waals surface area contributed by atoms with Gasteiger partial charge < -0.3 is 14.6 Å². The molecule has 6 heteroatoms. The zero-order valence-electron chi connectivity index (χ0n) is 15.7. The molecule has 1 heterocycles. The number of nitrogens with one attached hydrogen (secondary N) is 1. The van der Waals surface area contributed by atoms with E-state index in [1.165, 1.54) is 0 Å². The number of aryl methyl sites for hydroxylation is 1. The van der Waals surface area contributed by atoms with Crippen LogP contribution >= 0.6 is 11.6 Å². The summed E-state index contributed by atoms with van der Waals surface area (Å²) in [4.78, 5) is 12.3. The standard InChI is InChI=1S/C20H23BClNO3/c1-13-12-16(23-18(24)14-6-8-15(22)9-7-14)10-11-17(13)21-25-19(2,3)20(4,5)26-21/h6-12H,1-5H3,(H,23,24). The quantitative estimate of drug-likeness (QED) is 0.823. The second kappa shape index (κ2) is 6.73. The van der Waals surface area contributed by atoms with Crippen molar-refractivity contribution in [2.24, 2.45) is 0 Å². The van der Waals surface area contributed by atoms with Crippen molar-refractivity contribution in [3.63, 3.8) is 0 Å². The van der Waals surface area contributed by atoms with Crippen LogP contribution in [0.2, 0.25) is 5.02 Å². The lowest BCUT2D eigenvalue weighted by atomic mass is 9.76. The first kappa shape index (κ1) is 19.0. The molecule has 3 rings (SSSR count). The molecule has 0 aromatic heterocycles. The van der Waals surface area contributed by atoms with Crippen molar-refractivity contribution >= 4 is 35.8 Å². The van der Waals surface area contributed by atoms with Crippen molar-refractivity contribution in [3.8, 4) is 0 Å². The fourth-order valence-corrected chi connectivity index (χ4v) is 2.92. The van der Waals surface area contributed by atoms with E-state index >= 15 is 0 Å². The van der Waals surface area contributed by atoms with Crippen LogP contribution in [0.4, 0.5) is 5.69 Å². The number of amides is 1. The summed E-state index contributed by atoms with van der Waals surface area (Å²) in [5, 5.41) is 3.51. The van der Waals surface area contributed by atoms with Crippen LogP contribution in [0.3, 0.4) is 0 Å². The van der Waals surface area contributed by atoms with Crippen LogP contribution in [-0.4, -0.2) is 24.2 Å². The second-order valence-electron chi connectivity index (χ2n) is 7.62. The largest absolute Gasteiger partial charge is 0.495 e. The molecule has 1 saturated heterocycles. The molecule has 136 valence electrons. The molecule has 2 aromatic carbocycles. The Morgan fingerprint density at radius 3 is 2.12 bits per heavy atom. The van der Waals surface area contributed by atoms with Crippen LogP contribution < -0.4 is 10.8 Å². The Kier molecular flexibility index (Phi) is 4.91. The van der Waals surface area contributed by atoms with Gasteiger partial charge in [0.15, 0.2) is 0 Å². The van der Waals surface area contributed by atoms with E-state index in [1.54, 1.807) is 24.3 Å². The van der Waals surface area contributed by atoms with Gasteiger partial charge in [-0.15, -0.1) is 0 Å². The number of rotatable bonds is 3. The summed E-state index contributed by atoms with van der Waals surface area (Å²) in [6.45, 7) is 10.1. The minimum atomic E-state index is -0.416. The molecular weight excluding hydrogens is 348 g/mol. The van der Waals surface area contributed by atoms with Crippen molar-refractivity contribution in [3.05, 3.63) is 58.6 Å². The molecule has 2 aromatic rings. The molecule has 1 aliphatic rings. The van der Waals surface area contributed by atoms with Gasteiger partial charge in [0.1, 0.15) is 0 Å². The van der Waals surface area contributed by atoms with E-state index in [0.29, 0.717) is 10.6 Å². The van der Waals surface area contributed by atoms with Gasteiger partial charge in [-0.05, 0) is 82.0 Å². The summed E-state index contributed by atoms with van der Waals surface area (Å²) in [6, 6.07) is 12.5. The molecule has 0 aliphatic carbocycles. The number of carbonyl (C=O) groups is 1. The molecule has 1 fully saturated rings. The Morgan fingerprint density at radius 1 is 1.00 bits per heavy atom. The van der Waals surface area contributed by atoms with Gasteiger partial charge >= 0.3 is 7.12 Å². The first-order valence-electron chi connectivity index (χ1n) is 8.62. The summed E-state index contributed by atoms with van der Waals surface area (Å²) in [5.74, 6) is -0.176. The minimum Gasteiger partial charge on any atom is -0.399 e. The first-order chi connectivity index (χ1) is 12.1. The van der Waals surface area contributed by atoms with Gasteiger partial charge in [0, 0.05) is 16.3 Å². The van der Waals surface area contributed by atoms with Crippen molar-refractivity contribution in [1.29, 1.82) is 0 Å². The van der Waals surface area contributed by atoms with E-state index in [4.69, 9.17) is 20.9 Å². The Labute approximate surface area is 160 Å². The average molecular weight is 372 g/mol. The Morgan fingerprint density at radius 2 is 1.58 bits per heavy atom. The highest BCUT2D eigenvalue weighted by molar-refractivity contribution is 6.62. The van der Waals surface area contributed by atoms with Gasteiger partial charge in [-0.25, -0.2) is 0 Å². The molecule has 26 heavy (non-hydrogen) atoms. The highest BCUT2D eigenvalue weighted by Gasteiger charge is 2.52. The number of halogens is 1. The van der Waals surface area contributed by atoms with Gasteiger partial charge in [-0.3, -0.25) is 4.79 Å². The van der Waals surface area contributed by atoms with E-state index in [-0.39, 0.29) is 17.1 Å². The summed E-state index contributed by atoms with van der Waals surface area (Å²) >= 11 is 5.86. The second-order valence-corrected chi connectivity index (χ2v) is 8.06. The maximum absolute atomic E-state index is 12.3. The molecule has 0 spiro atoms. The van der Waals surface area contributed by atoms with E-state index in [0.717, 1.165) is 16.7 Å². The lowest BCUT2D eigenvalue weighted by molar-refractivity contribution is 0.00578. The molecular formula is C20H23BClNO3. The van der Waals surface area contributed by atoms with Crippen molar-refractivity contribution in [2.75, 3.05) is 5.32 Å². The Hall–Kier alpha value is -1.82. The van der Waals surface area contributed by atoms with Crippen LogP contribution in [0, 0.1) is 6.92 Å². The van der Waals surface area contributed by atoms with E-state index in [1.807, 2.05) is 52.8 Å². The fraction of sp³-hybridized carbons (Fsp3) is 0.350. The molecule has 0 radical (unpaired) electrons. The van der Waals surface area contributed by atoms with Crippen LogP contribution in [-0.2, 0) is 9.31 Å². The predicted octanol–water partition coefficient (Wildman–Crippen LogP) is 4.20. The SMILES string of the molecule is Cc1cc(NC(=O)c2ccc(Cl)cc2)ccc1B1OC(C)(C)C(C)(C)O1. The van der Waals surface area contributed by atoms with Crippen molar-refractivity contribution < 1.29 is 14.1 Å². The monoisotopic (exact) mass is 371 g/mol. The third-order valence-electron chi connectivity index (χ3n) is 5.14. The van der Waals surface area contributed by atoms with Crippen LogP contribution in [0.1, 0.15) is 43.6 Å². The van der Waals surface area contributed by atoms with Crippen LogP contribution in [0.15, 0.2) is 42.5 Å². The number of hydrogen-bond donors (Lipinski definition) is 1. The number of hydrogen-bond acceptors (Lipinski definition) is 3. The predicted molar refractivity (Wildman–Crippen MR) is 106 cm³/mol. The maximum atomic E-state index is 12.3. The number of anilines is 1. The molecule has 0 bridgehead atoms. The molecule has 0 unspecified atom stereocenters. The molecule has 1 amide bonds. The highest BCUT2D eigenvalue weighted by atomic mass is 35.5. The molecule has 0 atom stereocenters. The van der Waals surface area contributed by atoms with E-state index < -0.39 is 7.12 Å². The summed E-state index contributed by atoms with van der Waals surface area (Å²) in [7, 11) is -0.416. The van der Waals surface area contributed by atoms with Gasteiger partial charge in [-0.2, -0.15) is 0 Å². The van der Waals surface area contributed by atoms with Gasteiger partial charge in [0.2, 0.25) is 0 Å².